The summed E-state index contributed by atoms with van der Waals surface area (Å²) in [7, 11) is 0. The molecule has 0 bridgehead atoms. The Balaban J connectivity index is 3.19. The fourth-order valence-corrected chi connectivity index (χ4v) is 2.88. The summed E-state index contributed by atoms with van der Waals surface area (Å²) in [6.45, 7) is 9.97. The van der Waals surface area contributed by atoms with Crippen LogP contribution < -0.4 is 0 Å². The van der Waals surface area contributed by atoms with Crippen molar-refractivity contribution in [2.45, 2.75) is 52.5 Å². The summed E-state index contributed by atoms with van der Waals surface area (Å²) in [6, 6.07) is 0.299. The number of hydrogen-bond acceptors (Lipinski definition) is 2. The summed E-state index contributed by atoms with van der Waals surface area (Å²) >= 11 is 3.52. The number of halogens is 1. The lowest BCUT2D eigenvalue weighted by Gasteiger charge is -2.26. The molecule has 90 valence electrons. The number of carbonyl (C=O) groups excluding carboxylic acids is 1. The average Bonchev–Trinajstić information content (AvgIpc) is 2.44. The molecule has 0 spiro atoms. The summed E-state index contributed by atoms with van der Waals surface area (Å²) in [5.74, 6) is 0.202. The number of carbonyl (C=O) groups is 1. The Morgan fingerprint density at radius 3 is 2.56 bits per heavy atom. The van der Waals surface area contributed by atoms with Crippen LogP contribution >= 0.6 is 15.9 Å². The second kappa shape index (κ2) is 4.70. The van der Waals surface area contributed by atoms with Gasteiger partial charge in [-0.15, -0.1) is 0 Å². The van der Waals surface area contributed by atoms with Crippen LogP contribution in [0, 0.1) is 0 Å². The number of Topliss-reactive ketones (excluding diaryl/α,β-unsaturated/α-hetero) is 1. The fraction of sp³-hybridized carbons (Fsp3) is 0.667. The summed E-state index contributed by atoms with van der Waals surface area (Å²) in [6.07, 6.45) is 2.33. The van der Waals surface area contributed by atoms with E-state index in [2.05, 4.69) is 48.7 Å². The van der Waals surface area contributed by atoms with Crippen LogP contribution in [0.1, 0.15) is 52.8 Å². The van der Waals surface area contributed by atoms with E-state index in [1.807, 2.05) is 4.68 Å². The predicted octanol–water partition coefficient (Wildman–Crippen LogP) is 3.48. The van der Waals surface area contributed by atoms with Crippen LogP contribution in [-0.2, 0) is 10.2 Å². The van der Waals surface area contributed by atoms with Crippen LogP contribution in [0.15, 0.2) is 10.7 Å². The highest BCUT2D eigenvalue weighted by atomic mass is 79.9. The van der Waals surface area contributed by atoms with Crippen LogP contribution in [0.2, 0.25) is 0 Å². The van der Waals surface area contributed by atoms with Gasteiger partial charge in [-0.2, -0.15) is 5.10 Å². The van der Waals surface area contributed by atoms with E-state index in [0.717, 1.165) is 10.2 Å². The van der Waals surface area contributed by atoms with Crippen molar-refractivity contribution in [1.29, 1.82) is 0 Å². The molecule has 0 aromatic carbocycles. The first-order valence-electron chi connectivity index (χ1n) is 5.48. The van der Waals surface area contributed by atoms with Crippen molar-refractivity contribution >= 4 is 21.7 Å². The maximum Gasteiger partial charge on any atom is 0.130 e. The molecule has 0 saturated heterocycles. The van der Waals surface area contributed by atoms with Gasteiger partial charge in [0.2, 0.25) is 0 Å². The Hall–Kier alpha value is -0.640. The zero-order valence-electron chi connectivity index (χ0n) is 10.5. The second-order valence-corrected chi connectivity index (χ2v) is 6.00. The van der Waals surface area contributed by atoms with E-state index in [1.54, 1.807) is 13.1 Å². The zero-order chi connectivity index (χ0) is 12.5. The van der Waals surface area contributed by atoms with Crippen molar-refractivity contribution in [3.8, 4) is 0 Å². The topological polar surface area (TPSA) is 34.9 Å². The molecule has 1 rings (SSSR count). The number of hydrogen-bond donors (Lipinski definition) is 0. The smallest absolute Gasteiger partial charge is 0.130 e. The van der Waals surface area contributed by atoms with Gasteiger partial charge in [0.05, 0.1) is 16.4 Å². The minimum absolute atomic E-state index is 0.189. The second-order valence-electron chi connectivity index (χ2n) is 5.14. The third kappa shape index (κ3) is 2.73. The first kappa shape index (κ1) is 13.4. The SMILES string of the molecule is CC(=O)CC(C)(C)c1c(Br)cnn1C(C)C. The van der Waals surface area contributed by atoms with Crippen molar-refractivity contribution < 1.29 is 4.79 Å². The third-order valence-corrected chi connectivity index (χ3v) is 3.15. The van der Waals surface area contributed by atoms with E-state index >= 15 is 0 Å². The van der Waals surface area contributed by atoms with Crippen LogP contribution in [0.3, 0.4) is 0 Å². The van der Waals surface area contributed by atoms with Gasteiger partial charge in [0, 0.05) is 17.9 Å². The van der Waals surface area contributed by atoms with Gasteiger partial charge in [-0.05, 0) is 36.7 Å². The summed E-state index contributed by atoms with van der Waals surface area (Å²) < 4.78 is 2.96. The molecule has 1 aromatic rings. The maximum atomic E-state index is 11.3. The van der Waals surface area contributed by atoms with Crippen molar-refractivity contribution in [1.82, 2.24) is 9.78 Å². The molecule has 0 radical (unpaired) electrons. The van der Waals surface area contributed by atoms with E-state index in [4.69, 9.17) is 0 Å². The summed E-state index contributed by atoms with van der Waals surface area (Å²) in [5.41, 5.74) is 0.906. The van der Waals surface area contributed by atoms with E-state index in [9.17, 15) is 4.79 Å². The monoisotopic (exact) mass is 286 g/mol. The standard InChI is InChI=1S/C12H19BrN2O/c1-8(2)15-11(10(13)7-14-15)12(4,5)6-9(3)16/h7-8H,6H2,1-5H3. The largest absolute Gasteiger partial charge is 0.300 e. The van der Waals surface area contributed by atoms with Gasteiger partial charge >= 0.3 is 0 Å². The molecule has 0 aliphatic rings. The van der Waals surface area contributed by atoms with Crippen molar-refractivity contribution in [2.75, 3.05) is 0 Å². The molecule has 4 heteroatoms. The Kier molecular flexibility index (Phi) is 3.94. The molecule has 0 aliphatic carbocycles. The number of ketones is 1. The quantitative estimate of drug-likeness (QED) is 0.849. The van der Waals surface area contributed by atoms with Gasteiger partial charge in [-0.25, -0.2) is 0 Å². The lowest BCUT2D eigenvalue weighted by molar-refractivity contribution is -0.118. The van der Waals surface area contributed by atoms with Crippen molar-refractivity contribution in [2.24, 2.45) is 0 Å². The minimum Gasteiger partial charge on any atom is -0.300 e. The molecule has 0 fully saturated rings. The van der Waals surface area contributed by atoms with Crippen LogP contribution in [0.5, 0.6) is 0 Å². The highest BCUT2D eigenvalue weighted by Gasteiger charge is 2.29. The highest BCUT2D eigenvalue weighted by molar-refractivity contribution is 9.10. The minimum atomic E-state index is -0.189. The van der Waals surface area contributed by atoms with Gasteiger partial charge < -0.3 is 0 Å². The van der Waals surface area contributed by atoms with Crippen molar-refractivity contribution in [3.05, 3.63) is 16.4 Å². The van der Waals surface area contributed by atoms with Crippen LogP contribution in [-0.4, -0.2) is 15.6 Å². The van der Waals surface area contributed by atoms with Gasteiger partial charge in [-0.1, -0.05) is 13.8 Å². The lowest BCUT2D eigenvalue weighted by Crippen LogP contribution is -2.26. The molecule has 0 atom stereocenters. The Morgan fingerprint density at radius 2 is 2.12 bits per heavy atom. The predicted molar refractivity (Wildman–Crippen MR) is 68.6 cm³/mol. The van der Waals surface area contributed by atoms with E-state index in [-0.39, 0.29) is 11.2 Å². The molecule has 0 saturated carbocycles. The molecule has 0 aliphatic heterocycles. The van der Waals surface area contributed by atoms with Crippen LogP contribution in [0.4, 0.5) is 0 Å². The van der Waals surface area contributed by atoms with Gasteiger partial charge in [0.15, 0.2) is 0 Å². The van der Waals surface area contributed by atoms with Crippen LogP contribution in [0.25, 0.3) is 0 Å². The average molecular weight is 287 g/mol. The maximum absolute atomic E-state index is 11.3. The molecule has 1 aromatic heterocycles. The number of aromatic nitrogens is 2. The first-order chi connectivity index (χ1) is 7.25. The number of nitrogens with zero attached hydrogens (tertiary/aromatic N) is 2. The zero-order valence-corrected chi connectivity index (χ0v) is 12.1. The van der Waals surface area contributed by atoms with Gasteiger partial charge in [0.25, 0.3) is 0 Å². The molecular formula is C12H19BrN2O. The third-order valence-electron chi connectivity index (χ3n) is 2.57. The normalized spacial score (nSPS) is 12.2. The molecule has 0 amide bonds. The Morgan fingerprint density at radius 1 is 1.56 bits per heavy atom. The van der Waals surface area contributed by atoms with E-state index in [0.29, 0.717) is 12.5 Å². The first-order valence-corrected chi connectivity index (χ1v) is 6.28. The fourth-order valence-electron chi connectivity index (χ4n) is 2.07. The molecule has 16 heavy (non-hydrogen) atoms. The lowest BCUT2D eigenvalue weighted by atomic mass is 9.84. The van der Waals surface area contributed by atoms with E-state index < -0.39 is 0 Å². The molecule has 3 nitrogen and oxygen atoms in total. The van der Waals surface area contributed by atoms with Gasteiger partial charge in [-0.3, -0.25) is 9.48 Å². The molecule has 0 N–H and O–H groups in total. The molecule has 0 unspecified atom stereocenters. The molecule has 1 heterocycles. The number of rotatable bonds is 4. The van der Waals surface area contributed by atoms with E-state index in [1.165, 1.54) is 0 Å². The summed E-state index contributed by atoms with van der Waals surface area (Å²) in [4.78, 5) is 11.3. The highest BCUT2D eigenvalue weighted by Crippen LogP contribution is 2.34. The summed E-state index contributed by atoms with van der Waals surface area (Å²) in [5, 5.41) is 4.35. The molecular weight excluding hydrogens is 268 g/mol. The van der Waals surface area contributed by atoms with Gasteiger partial charge in [0.1, 0.15) is 5.78 Å². The Labute approximate surface area is 105 Å². The van der Waals surface area contributed by atoms with Crippen molar-refractivity contribution in [3.63, 3.8) is 0 Å². The Bertz CT molecular complexity index is 394.